The lowest BCUT2D eigenvalue weighted by molar-refractivity contribution is 0.0936. The van der Waals surface area contributed by atoms with Crippen LogP contribution >= 0.6 is 0 Å². The Kier molecular flexibility index (Phi) is 2.81. The minimum absolute atomic E-state index is 0.0793. The van der Waals surface area contributed by atoms with E-state index < -0.39 is 0 Å². The van der Waals surface area contributed by atoms with Gasteiger partial charge in [-0.05, 0) is 30.2 Å². The highest BCUT2D eigenvalue weighted by Crippen LogP contribution is 2.51. The maximum absolute atomic E-state index is 12.2. The van der Waals surface area contributed by atoms with Crippen LogP contribution in [0.1, 0.15) is 37.2 Å². The fourth-order valence-corrected chi connectivity index (χ4v) is 2.60. The Morgan fingerprint density at radius 3 is 2.84 bits per heavy atom. The lowest BCUT2D eigenvalue weighted by Crippen LogP contribution is -2.32. The Balaban J connectivity index is 1.74. The van der Waals surface area contributed by atoms with Crippen LogP contribution in [-0.4, -0.2) is 22.6 Å². The fraction of sp³-hybridized carbons (Fsp3) is 0.467. The zero-order valence-electron chi connectivity index (χ0n) is 11.4. The first kappa shape index (κ1) is 12.2. The first-order valence-corrected chi connectivity index (χ1v) is 6.84. The van der Waals surface area contributed by atoms with E-state index in [4.69, 9.17) is 0 Å². The third-order valence-corrected chi connectivity index (χ3v) is 4.40. The molecule has 4 heteroatoms. The van der Waals surface area contributed by atoms with Crippen LogP contribution in [0.15, 0.2) is 24.3 Å². The first-order chi connectivity index (χ1) is 9.12. The third-order valence-electron chi connectivity index (χ3n) is 4.40. The van der Waals surface area contributed by atoms with E-state index in [2.05, 4.69) is 29.4 Å². The molecule has 3 rings (SSSR count). The molecule has 0 spiro atoms. The SMILES string of the molecule is CC(C)C1(CNC(=O)c2n[nH]c3ccccc23)CC1. The maximum Gasteiger partial charge on any atom is 0.272 e. The van der Waals surface area contributed by atoms with Gasteiger partial charge in [0.2, 0.25) is 0 Å². The quantitative estimate of drug-likeness (QED) is 0.884. The van der Waals surface area contributed by atoms with Crippen LogP contribution in [0, 0.1) is 11.3 Å². The molecular weight excluding hydrogens is 238 g/mol. The van der Waals surface area contributed by atoms with E-state index >= 15 is 0 Å². The number of hydrogen-bond donors (Lipinski definition) is 2. The predicted molar refractivity (Wildman–Crippen MR) is 74.9 cm³/mol. The second-order valence-corrected chi connectivity index (χ2v) is 5.82. The van der Waals surface area contributed by atoms with Crippen molar-refractivity contribution >= 4 is 16.8 Å². The lowest BCUT2D eigenvalue weighted by atomic mass is 9.92. The molecule has 1 heterocycles. The Labute approximate surface area is 112 Å². The highest BCUT2D eigenvalue weighted by molar-refractivity contribution is 6.04. The van der Waals surface area contributed by atoms with Crippen LogP contribution in [0.5, 0.6) is 0 Å². The number of para-hydroxylation sites is 1. The van der Waals surface area contributed by atoms with E-state index in [0.29, 0.717) is 17.0 Å². The molecule has 0 aliphatic heterocycles. The van der Waals surface area contributed by atoms with E-state index in [0.717, 1.165) is 17.4 Å². The number of carbonyl (C=O) groups excluding carboxylic acids is 1. The molecule has 100 valence electrons. The van der Waals surface area contributed by atoms with Gasteiger partial charge in [0, 0.05) is 11.9 Å². The van der Waals surface area contributed by atoms with Crippen molar-refractivity contribution in [2.45, 2.75) is 26.7 Å². The molecule has 1 amide bonds. The van der Waals surface area contributed by atoms with Gasteiger partial charge in [-0.15, -0.1) is 0 Å². The fourth-order valence-electron chi connectivity index (χ4n) is 2.60. The van der Waals surface area contributed by atoms with Crippen LogP contribution in [-0.2, 0) is 0 Å². The van der Waals surface area contributed by atoms with Gasteiger partial charge in [0.25, 0.3) is 5.91 Å². The van der Waals surface area contributed by atoms with Crippen molar-refractivity contribution in [3.05, 3.63) is 30.0 Å². The second kappa shape index (κ2) is 4.37. The monoisotopic (exact) mass is 257 g/mol. The molecule has 0 radical (unpaired) electrons. The number of aromatic amines is 1. The number of nitrogens with one attached hydrogen (secondary N) is 2. The zero-order valence-corrected chi connectivity index (χ0v) is 11.4. The summed E-state index contributed by atoms with van der Waals surface area (Å²) < 4.78 is 0. The summed E-state index contributed by atoms with van der Waals surface area (Å²) in [6.07, 6.45) is 2.43. The summed E-state index contributed by atoms with van der Waals surface area (Å²) in [5.41, 5.74) is 1.72. The van der Waals surface area contributed by atoms with Gasteiger partial charge in [-0.3, -0.25) is 9.89 Å². The first-order valence-electron chi connectivity index (χ1n) is 6.84. The molecular formula is C15H19N3O. The van der Waals surface area contributed by atoms with Gasteiger partial charge in [-0.25, -0.2) is 0 Å². The van der Waals surface area contributed by atoms with Crippen LogP contribution in [0.2, 0.25) is 0 Å². The van der Waals surface area contributed by atoms with E-state index in [1.54, 1.807) is 0 Å². The van der Waals surface area contributed by atoms with E-state index in [1.165, 1.54) is 12.8 Å². The predicted octanol–water partition coefficient (Wildman–Crippen LogP) is 2.73. The van der Waals surface area contributed by atoms with Gasteiger partial charge in [0.15, 0.2) is 5.69 Å². The number of hydrogen-bond acceptors (Lipinski definition) is 2. The Bertz CT molecular complexity index is 611. The van der Waals surface area contributed by atoms with E-state index in [1.807, 2.05) is 24.3 Å². The molecule has 1 aromatic heterocycles. The van der Waals surface area contributed by atoms with Crippen LogP contribution in [0.3, 0.4) is 0 Å². The molecule has 0 atom stereocenters. The van der Waals surface area contributed by atoms with Gasteiger partial charge >= 0.3 is 0 Å². The van der Waals surface area contributed by atoms with Gasteiger partial charge in [-0.1, -0.05) is 32.0 Å². The van der Waals surface area contributed by atoms with Crippen molar-refractivity contribution in [1.82, 2.24) is 15.5 Å². The van der Waals surface area contributed by atoms with Crippen LogP contribution in [0.25, 0.3) is 10.9 Å². The molecule has 1 fully saturated rings. The Morgan fingerprint density at radius 1 is 1.42 bits per heavy atom. The summed E-state index contributed by atoms with van der Waals surface area (Å²) in [7, 11) is 0. The summed E-state index contributed by atoms with van der Waals surface area (Å²) >= 11 is 0. The lowest BCUT2D eigenvalue weighted by Gasteiger charge is -2.19. The van der Waals surface area contributed by atoms with Gasteiger partial charge in [-0.2, -0.15) is 5.10 Å². The molecule has 1 saturated carbocycles. The number of nitrogens with zero attached hydrogens (tertiary/aromatic N) is 1. The molecule has 1 aliphatic rings. The molecule has 0 bridgehead atoms. The zero-order chi connectivity index (χ0) is 13.5. The minimum Gasteiger partial charge on any atom is -0.350 e. The van der Waals surface area contributed by atoms with Crippen LogP contribution in [0.4, 0.5) is 0 Å². The normalized spacial score (nSPS) is 16.8. The number of rotatable bonds is 4. The van der Waals surface area contributed by atoms with Gasteiger partial charge in [0.1, 0.15) is 0 Å². The second-order valence-electron chi connectivity index (χ2n) is 5.82. The molecule has 2 N–H and O–H groups in total. The molecule has 1 aliphatic carbocycles. The number of H-pyrrole nitrogens is 1. The summed E-state index contributed by atoms with van der Waals surface area (Å²) in [6.45, 7) is 5.21. The average Bonchev–Trinajstić information content (AvgIpc) is 3.09. The highest BCUT2D eigenvalue weighted by atomic mass is 16.1. The molecule has 4 nitrogen and oxygen atoms in total. The minimum atomic E-state index is -0.0793. The van der Waals surface area contributed by atoms with Crippen molar-refractivity contribution in [3.8, 4) is 0 Å². The summed E-state index contributed by atoms with van der Waals surface area (Å²) in [4.78, 5) is 12.2. The number of benzene rings is 1. The molecule has 1 aromatic carbocycles. The summed E-state index contributed by atoms with van der Waals surface area (Å²) in [6, 6.07) is 7.70. The largest absolute Gasteiger partial charge is 0.350 e. The standard InChI is InChI=1S/C15H19N3O/c1-10(2)15(7-8-15)9-16-14(19)13-11-5-3-4-6-12(11)17-18-13/h3-6,10H,7-9H2,1-2H3,(H,16,19)(H,17,18). The number of fused-ring (bicyclic) bond motifs is 1. The molecule has 19 heavy (non-hydrogen) atoms. The van der Waals surface area contributed by atoms with Crippen molar-refractivity contribution in [1.29, 1.82) is 0 Å². The van der Waals surface area contributed by atoms with Crippen molar-refractivity contribution in [2.75, 3.05) is 6.54 Å². The van der Waals surface area contributed by atoms with E-state index in [-0.39, 0.29) is 5.91 Å². The third kappa shape index (κ3) is 2.11. The van der Waals surface area contributed by atoms with Crippen molar-refractivity contribution in [2.24, 2.45) is 11.3 Å². The number of carbonyl (C=O) groups is 1. The van der Waals surface area contributed by atoms with Gasteiger partial charge < -0.3 is 5.32 Å². The summed E-state index contributed by atoms with van der Waals surface area (Å²) in [5.74, 6) is 0.535. The number of amides is 1. The smallest absolute Gasteiger partial charge is 0.272 e. The highest BCUT2D eigenvalue weighted by Gasteiger charge is 2.45. The topological polar surface area (TPSA) is 57.8 Å². The number of aromatic nitrogens is 2. The molecule has 0 unspecified atom stereocenters. The van der Waals surface area contributed by atoms with Crippen molar-refractivity contribution in [3.63, 3.8) is 0 Å². The van der Waals surface area contributed by atoms with Crippen molar-refractivity contribution < 1.29 is 4.79 Å². The Hall–Kier alpha value is -1.84. The average molecular weight is 257 g/mol. The Morgan fingerprint density at radius 2 is 2.16 bits per heavy atom. The van der Waals surface area contributed by atoms with Crippen LogP contribution < -0.4 is 5.32 Å². The molecule has 0 saturated heterocycles. The molecule has 2 aromatic rings. The maximum atomic E-state index is 12.2. The van der Waals surface area contributed by atoms with E-state index in [9.17, 15) is 4.79 Å². The summed E-state index contributed by atoms with van der Waals surface area (Å²) in [5, 5.41) is 10.9. The van der Waals surface area contributed by atoms with Gasteiger partial charge in [0.05, 0.1) is 5.52 Å².